The zero-order valence-electron chi connectivity index (χ0n) is 2.44. The number of hydrogen-bond acceptors (Lipinski definition) is 0. The molecule has 0 saturated carbocycles. The number of halogens is 1. The fourth-order valence-electron chi connectivity index (χ4n) is 0. The summed E-state index contributed by atoms with van der Waals surface area (Å²) in [6.45, 7) is 2.11. The Morgan fingerprint density at radius 3 is 1.75 bits per heavy atom. The van der Waals surface area contributed by atoms with Crippen molar-refractivity contribution >= 4 is 22.6 Å². The zero-order valence-corrected chi connectivity index (χ0v) is 5.30. The van der Waals surface area contributed by atoms with E-state index in [1.165, 1.54) is 4.43 Å². The first-order valence-corrected chi connectivity index (χ1v) is 2.50. The summed E-state index contributed by atoms with van der Waals surface area (Å²) in [7, 11) is 0. The maximum atomic E-state index is 2.29. The van der Waals surface area contributed by atoms with Crippen LogP contribution in [0.2, 0.25) is 0 Å². The normalized spacial score (nSPS) is 4.50. The summed E-state index contributed by atoms with van der Waals surface area (Å²) in [5, 5.41) is 0. The van der Waals surface area contributed by atoms with Gasteiger partial charge < -0.3 is 0 Å². The van der Waals surface area contributed by atoms with Crippen molar-refractivity contribution in [1.82, 2.24) is 0 Å². The van der Waals surface area contributed by atoms with Gasteiger partial charge in [-0.1, -0.05) is 29.5 Å². The van der Waals surface area contributed by atoms with Crippen molar-refractivity contribution in [1.29, 1.82) is 0 Å². The number of hydrogen-bond donors (Lipinski definition) is 0. The molecular formula is C2H5ArI. The van der Waals surface area contributed by atoms with E-state index in [-0.39, 0.29) is 37.7 Å². The van der Waals surface area contributed by atoms with Crippen molar-refractivity contribution in [3.05, 3.63) is 0 Å². The van der Waals surface area contributed by atoms with E-state index in [0.29, 0.717) is 0 Å². The van der Waals surface area contributed by atoms with E-state index in [1.807, 2.05) is 0 Å². The molecule has 2 heteroatoms. The first-order chi connectivity index (χ1) is 1.41. The van der Waals surface area contributed by atoms with Gasteiger partial charge in [-0.2, -0.15) is 0 Å². The van der Waals surface area contributed by atoms with Crippen LogP contribution in [0.1, 0.15) is 6.92 Å². The maximum absolute atomic E-state index is 2.29. The molecule has 0 atom stereocenters. The second-order valence-electron chi connectivity index (χ2n) is 0.267. The van der Waals surface area contributed by atoms with E-state index >= 15 is 0 Å². The van der Waals surface area contributed by atoms with E-state index in [9.17, 15) is 0 Å². The van der Waals surface area contributed by atoms with Gasteiger partial charge >= 0.3 is 0 Å². The van der Waals surface area contributed by atoms with Gasteiger partial charge in [-0.15, -0.1) is 0 Å². The van der Waals surface area contributed by atoms with Crippen LogP contribution < -0.4 is 0 Å². The summed E-state index contributed by atoms with van der Waals surface area (Å²) in [5.74, 6) is 0. The first-order valence-electron chi connectivity index (χ1n) is 0.974. The second-order valence-corrected chi connectivity index (χ2v) is 1.79. The van der Waals surface area contributed by atoms with E-state index in [4.69, 9.17) is 0 Å². The molecule has 0 aliphatic heterocycles. The van der Waals surface area contributed by atoms with Gasteiger partial charge in [0.2, 0.25) is 0 Å². The Balaban J connectivity index is 0. The third-order valence-electron chi connectivity index (χ3n) is 0. The summed E-state index contributed by atoms with van der Waals surface area (Å²) >= 11 is 2.29. The average molecular weight is 196 g/mol. The van der Waals surface area contributed by atoms with Crippen LogP contribution in [0.15, 0.2) is 0 Å². The van der Waals surface area contributed by atoms with Crippen LogP contribution in [0.4, 0.5) is 0 Å². The summed E-state index contributed by atoms with van der Waals surface area (Å²) in [6.07, 6.45) is 0. The monoisotopic (exact) mass is 196 g/mol. The molecule has 0 spiro atoms. The minimum atomic E-state index is 0. The van der Waals surface area contributed by atoms with Crippen molar-refractivity contribution in [3.8, 4) is 0 Å². The second kappa shape index (κ2) is 8.89. The molecule has 0 fully saturated rings. The molecule has 0 heterocycles. The van der Waals surface area contributed by atoms with Crippen molar-refractivity contribution in [2.24, 2.45) is 0 Å². The third kappa shape index (κ3) is 9.01. The summed E-state index contributed by atoms with van der Waals surface area (Å²) < 4.78 is 1.22. The van der Waals surface area contributed by atoms with Crippen LogP contribution in [-0.4, -0.2) is 4.43 Å². The SMILES string of the molecule is CCI.[Ar]. The zero-order chi connectivity index (χ0) is 2.71. The Hall–Kier alpha value is 1.99. The fourth-order valence-corrected chi connectivity index (χ4v) is 0. The molecule has 0 nitrogen and oxygen atoms in total. The van der Waals surface area contributed by atoms with Crippen molar-refractivity contribution < 1.29 is 37.7 Å². The van der Waals surface area contributed by atoms with Crippen molar-refractivity contribution in [2.45, 2.75) is 6.92 Å². The maximum Gasteiger partial charge on any atom is 0 e. The molecule has 0 aromatic carbocycles. The largest absolute Gasteiger partial charge is 0.0867 e. The van der Waals surface area contributed by atoms with Gasteiger partial charge in [0.15, 0.2) is 0 Å². The molecule has 0 aromatic heterocycles. The summed E-state index contributed by atoms with van der Waals surface area (Å²) in [5.41, 5.74) is 0. The molecule has 0 saturated heterocycles. The molecular weight excluding hydrogens is 191 g/mol. The molecule has 0 N–H and O–H groups in total. The molecule has 4 heavy (non-hydrogen) atoms. The molecule has 0 aliphatic rings. The van der Waals surface area contributed by atoms with E-state index < -0.39 is 0 Å². The molecule has 0 amide bonds. The van der Waals surface area contributed by atoms with Gasteiger partial charge in [0, 0.05) is 37.7 Å². The van der Waals surface area contributed by atoms with Gasteiger partial charge in [0.1, 0.15) is 0 Å². The van der Waals surface area contributed by atoms with Crippen LogP contribution in [0.5, 0.6) is 0 Å². The standard InChI is InChI=1S/C2H5I.Ar/c1-2-3;/h2H2,1H3;. The minimum Gasteiger partial charge on any atom is -0.0867 e. The molecule has 0 rings (SSSR count). The molecule has 0 aliphatic carbocycles. The number of alkyl halides is 1. The van der Waals surface area contributed by atoms with E-state index in [0.717, 1.165) is 0 Å². The fraction of sp³-hybridized carbons (Fsp3) is 1.00. The van der Waals surface area contributed by atoms with Crippen LogP contribution >= 0.6 is 22.6 Å². The topological polar surface area (TPSA) is 0 Å². The van der Waals surface area contributed by atoms with Gasteiger partial charge in [-0.3, -0.25) is 0 Å². The molecule has 0 aromatic rings. The Labute approximate surface area is 70.5 Å². The predicted molar refractivity (Wildman–Crippen MR) is 24.6 cm³/mol. The smallest absolute Gasteiger partial charge is 0 e. The Morgan fingerprint density at radius 2 is 1.75 bits per heavy atom. The Kier molecular flexibility index (Phi) is 20.8. The van der Waals surface area contributed by atoms with Crippen molar-refractivity contribution in [3.63, 3.8) is 0 Å². The molecule has 28 valence electrons. The summed E-state index contributed by atoms with van der Waals surface area (Å²) in [4.78, 5) is 0. The predicted octanol–water partition coefficient (Wildman–Crippen LogP) is 1.44. The first kappa shape index (κ1) is 9.37. The van der Waals surface area contributed by atoms with E-state index in [1.54, 1.807) is 0 Å². The summed E-state index contributed by atoms with van der Waals surface area (Å²) in [6, 6.07) is 0. The van der Waals surface area contributed by atoms with Crippen LogP contribution in [0, 0.1) is 37.7 Å². The number of rotatable bonds is 0. The average Bonchev–Trinajstić information content (AvgIpc) is 0.918. The minimum absolute atomic E-state index is 0. The van der Waals surface area contributed by atoms with Gasteiger partial charge in [-0.05, 0) is 4.43 Å². The van der Waals surface area contributed by atoms with Gasteiger partial charge in [0.25, 0.3) is 0 Å². The van der Waals surface area contributed by atoms with Crippen LogP contribution in [0.3, 0.4) is 0 Å². The van der Waals surface area contributed by atoms with Crippen LogP contribution in [0.25, 0.3) is 0 Å². The molecule has 0 radical (unpaired) electrons. The molecule has 0 bridgehead atoms. The quantitative estimate of drug-likeness (QED) is 0.406. The van der Waals surface area contributed by atoms with E-state index in [2.05, 4.69) is 29.5 Å². The van der Waals surface area contributed by atoms with Crippen LogP contribution in [-0.2, 0) is 0 Å². The van der Waals surface area contributed by atoms with Crippen molar-refractivity contribution in [2.75, 3.05) is 4.43 Å². The van der Waals surface area contributed by atoms with Gasteiger partial charge in [-0.25, -0.2) is 0 Å². The third-order valence-corrected chi connectivity index (χ3v) is 0. The molecule has 0 unspecified atom stereocenters. The Bertz CT molecular complexity index is 6.00. The Morgan fingerprint density at radius 1 is 1.75 bits per heavy atom. The van der Waals surface area contributed by atoms with Gasteiger partial charge in [0.05, 0.1) is 0 Å².